The highest BCUT2D eigenvalue weighted by Gasteiger charge is 2.20. The summed E-state index contributed by atoms with van der Waals surface area (Å²) in [6.07, 6.45) is 5.27. The van der Waals surface area contributed by atoms with Crippen molar-refractivity contribution in [3.63, 3.8) is 0 Å². The first-order valence-corrected chi connectivity index (χ1v) is 7.70. The highest BCUT2D eigenvalue weighted by atomic mass is 19.1. The lowest BCUT2D eigenvalue weighted by atomic mass is 10.1. The Labute approximate surface area is 127 Å². The van der Waals surface area contributed by atoms with E-state index < -0.39 is 5.82 Å². The quantitative estimate of drug-likeness (QED) is 0.862. The number of hydrogen-bond donors (Lipinski definition) is 1. The summed E-state index contributed by atoms with van der Waals surface area (Å²) < 4.78 is 15.1. The minimum atomic E-state index is -0.437. The van der Waals surface area contributed by atoms with E-state index >= 15 is 0 Å². The Bertz CT molecular complexity index is 791. The molecular weight excluding hydrogens is 283 g/mol. The average molecular weight is 302 g/mol. The summed E-state index contributed by atoms with van der Waals surface area (Å²) >= 11 is 0. The number of rotatable bonds is 5. The van der Waals surface area contributed by atoms with E-state index in [1.807, 2.05) is 6.92 Å². The Hall–Kier alpha value is -2.17. The van der Waals surface area contributed by atoms with Gasteiger partial charge in [0.15, 0.2) is 0 Å². The molecule has 1 saturated carbocycles. The highest BCUT2D eigenvalue weighted by molar-refractivity contribution is 5.95. The maximum atomic E-state index is 13.5. The van der Waals surface area contributed by atoms with Gasteiger partial charge in [0.05, 0.1) is 11.6 Å². The topological polar surface area (TPSA) is 54.6 Å². The van der Waals surface area contributed by atoms with E-state index in [4.69, 9.17) is 0 Å². The normalized spacial score (nSPS) is 15.0. The first-order valence-electron chi connectivity index (χ1n) is 7.70. The molecule has 1 N–H and O–H groups in total. The Kier molecular flexibility index (Phi) is 3.96. The fraction of sp³-hybridized carbons (Fsp3) is 0.412. The van der Waals surface area contributed by atoms with Crippen LogP contribution in [0.2, 0.25) is 0 Å². The molecule has 1 aliphatic rings. The van der Waals surface area contributed by atoms with Crippen LogP contribution in [0.25, 0.3) is 10.9 Å². The second kappa shape index (κ2) is 5.91. The zero-order valence-electron chi connectivity index (χ0n) is 12.6. The molecule has 0 saturated heterocycles. The van der Waals surface area contributed by atoms with Crippen molar-refractivity contribution in [1.29, 1.82) is 0 Å². The molecule has 22 heavy (non-hydrogen) atoms. The van der Waals surface area contributed by atoms with Crippen molar-refractivity contribution in [3.05, 3.63) is 39.9 Å². The molecule has 1 aromatic heterocycles. The van der Waals surface area contributed by atoms with Gasteiger partial charge in [0.2, 0.25) is 0 Å². The van der Waals surface area contributed by atoms with E-state index in [9.17, 15) is 14.3 Å². The number of aryl methyl sites for hydroxylation is 1. The van der Waals surface area contributed by atoms with Crippen LogP contribution in [0.5, 0.6) is 5.75 Å². The molecule has 1 fully saturated rings. The third kappa shape index (κ3) is 2.75. The molecule has 0 unspecified atom stereocenters. The summed E-state index contributed by atoms with van der Waals surface area (Å²) in [5, 5.41) is 10.7. The molecule has 1 aromatic carbocycles. The fourth-order valence-corrected chi connectivity index (χ4v) is 2.49. The van der Waals surface area contributed by atoms with Crippen molar-refractivity contribution in [1.82, 2.24) is 4.57 Å². The van der Waals surface area contributed by atoms with Gasteiger partial charge in [-0.25, -0.2) is 4.39 Å². The number of aromatic nitrogens is 1. The Morgan fingerprint density at radius 3 is 2.91 bits per heavy atom. The van der Waals surface area contributed by atoms with Crippen LogP contribution < -0.4 is 5.56 Å². The third-order valence-electron chi connectivity index (χ3n) is 3.93. The lowest BCUT2D eigenvalue weighted by molar-refractivity contribution is 0.476. The van der Waals surface area contributed by atoms with Gasteiger partial charge in [-0.2, -0.15) is 0 Å². The number of fused-ring (bicyclic) bond motifs is 1. The second-order valence-electron chi connectivity index (χ2n) is 5.74. The van der Waals surface area contributed by atoms with Gasteiger partial charge in [0.25, 0.3) is 5.56 Å². The standard InChI is InChI=1S/C17H19FN2O2/c1-2-3-8-20-15-7-4-11(18)9-13(15)16(21)14(17(20)22)10-19-12-5-6-12/h4,7,9-10,12,21H,2-3,5-6,8H2,1H3. The van der Waals surface area contributed by atoms with E-state index in [2.05, 4.69) is 4.99 Å². The minimum Gasteiger partial charge on any atom is -0.506 e. The highest BCUT2D eigenvalue weighted by Crippen LogP contribution is 2.28. The molecule has 1 aliphatic carbocycles. The molecule has 0 aliphatic heterocycles. The summed E-state index contributed by atoms with van der Waals surface area (Å²) in [6.45, 7) is 2.59. The number of hydrogen-bond acceptors (Lipinski definition) is 3. The van der Waals surface area contributed by atoms with Crippen molar-refractivity contribution < 1.29 is 9.50 Å². The van der Waals surface area contributed by atoms with Gasteiger partial charge in [-0.3, -0.25) is 9.79 Å². The summed E-state index contributed by atoms with van der Waals surface area (Å²) in [4.78, 5) is 16.9. The maximum absolute atomic E-state index is 13.5. The third-order valence-corrected chi connectivity index (χ3v) is 3.93. The minimum absolute atomic E-state index is 0.154. The van der Waals surface area contributed by atoms with Crippen molar-refractivity contribution in [2.45, 2.75) is 45.2 Å². The number of halogens is 1. The molecule has 0 amide bonds. The van der Waals surface area contributed by atoms with E-state index in [-0.39, 0.29) is 22.9 Å². The van der Waals surface area contributed by atoms with Gasteiger partial charge < -0.3 is 9.67 Å². The SMILES string of the molecule is CCCCn1c(=O)c(C=NC2CC2)c(O)c2cc(F)ccc21. The Morgan fingerprint density at radius 1 is 1.45 bits per heavy atom. The van der Waals surface area contributed by atoms with Crippen molar-refractivity contribution in [2.75, 3.05) is 0 Å². The predicted molar refractivity (Wildman–Crippen MR) is 85.4 cm³/mol. The van der Waals surface area contributed by atoms with E-state index in [0.29, 0.717) is 17.4 Å². The van der Waals surface area contributed by atoms with Gasteiger partial charge in [-0.05, 0) is 37.5 Å². The van der Waals surface area contributed by atoms with Crippen LogP contribution in [0, 0.1) is 5.82 Å². The van der Waals surface area contributed by atoms with Crippen LogP contribution in [0.15, 0.2) is 28.0 Å². The molecule has 116 valence electrons. The van der Waals surface area contributed by atoms with Crippen molar-refractivity contribution in [2.24, 2.45) is 4.99 Å². The summed E-state index contributed by atoms with van der Waals surface area (Å²) in [5.41, 5.74) is 0.441. The zero-order valence-corrected chi connectivity index (χ0v) is 12.6. The maximum Gasteiger partial charge on any atom is 0.263 e. The van der Waals surface area contributed by atoms with Crippen molar-refractivity contribution >= 4 is 17.1 Å². The van der Waals surface area contributed by atoms with Gasteiger partial charge in [-0.15, -0.1) is 0 Å². The molecular formula is C17H19FN2O2. The van der Waals surface area contributed by atoms with Crippen molar-refractivity contribution in [3.8, 4) is 5.75 Å². The number of aliphatic imine (C=N–C) groups is 1. The summed E-state index contributed by atoms with van der Waals surface area (Å²) in [5.74, 6) is -0.620. The summed E-state index contributed by atoms with van der Waals surface area (Å²) in [7, 11) is 0. The molecule has 0 radical (unpaired) electrons. The first kappa shape index (κ1) is 14.8. The van der Waals surface area contributed by atoms with E-state index in [0.717, 1.165) is 25.7 Å². The van der Waals surface area contributed by atoms with Crippen LogP contribution in [0.4, 0.5) is 4.39 Å². The zero-order chi connectivity index (χ0) is 15.7. The van der Waals surface area contributed by atoms with Gasteiger partial charge in [0, 0.05) is 18.1 Å². The number of pyridine rings is 1. The molecule has 0 bridgehead atoms. The largest absolute Gasteiger partial charge is 0.506 e. The Morgan fingerprint density at radius 2 is 2.23 bits per heavy atom. The molecule has 0 spiro atoms. The number of unbranched alkanes of at least 4 members (excludes halogenated alkanes) is 1. The van der Waals surface area contributed by atoms with Gasteiger partial charge in [0.1, 0.15) is 17.1 Å². The molecule has 0 atom stereocenters. The lowest BCUT2D eigenvalue weighted by Crippen LogP contribution is -2.24. The molecule has 5 heteroatoms. The number of nitrogens with zero attached hydrogens (tertiary/aromatic N) is 2. The van der Waals surface area contributed by atoms with E-state index in [1.165, 1.54) is 18.3 Å². The fourth-order valence-electron chi connectivity index (χ4n) is 2.49. The van der Waals surface area contributed by atoms with E-state index in [1.54, 1.807) is 10.6 Å². The average Bonchev–Trinajstić information content (AvgIpc) is 3.32. The van der Waals surface area contributed by atoms with Gasteiger partial charge >= 0.3 is 0 Å². The van der Waals surface area contributed by atoms with Crippen LogP contribution in [0.1, 0.15) is 38.2 Å². The summed E-state index contributed by atoms with van der Waals surface area (Å²) in [6, 6.07) is 4.37. The molecule has 2 aromatic rings. The smallest absolute Gasteiger partial charge is 0.263 e. The van der Waals surface area contributed by atoms with Crippen LogP contribution in [-0.4, -0.2) is 21.9 Å². The number of aromatic hydroxyl groups is 1. The van der Waals surface area contributed by atoms with Crippen LogP contribution in [-0.2, 0) is 6.54 Å². The molecule has 3 rings (SSSR count). The number of benzene rings is 1. The monoisotopic (exact) mass is 302 g/mol. The van der Waals surface area contributed by atoms with Gasteiger partial charge in [-0.1, -0.05) is 13.3 Å². The predicted octanol–water partition coefficient (Wildman–Crippen LogP) is 3.23. The first-order chi connectivity index (χ1) is 10.6. The second-order valence-corrected chi connectivity index (χ2v) is 5.74. The Balaban J connectivity index is 2.22. The van der Waals surface area contributed by atoms with Crippen LogP contribution >= 0.6 is 0 Å². The molecule has 4 nitrogen and oxygen atoms in total. The lowest BCUT2D eigenvalue weighted by Gasteiger charge is -2.13. The molecule has 1 heterocycles. The van der Waals surface area contributed by atoms with Crippen LogP contribution in [0.3, 0.4) is 0 Å².